The van der Waals surface area contributed by atoms with E-state index in [0.717, 1.165) is 36.3 Å². The van der Waals surface area contributed by atoms with Gasteiger partial charge < -0.3 is 5.32 Å². The molecule has 2 aromatic heterocycles. The molecule has 0 bridgehead atoms. The number of nitrogens with one attached hydrogen (secondary N) is 1. The average molecular weight is 371 g/mol. The van der Waals surface area contributed by atoms with Gasteiger partial charge in [-0.15, -0.1) is 23.1 Å². The summed E-state index contributed by atoms with van der Waals surface area (Å²) in [5.41, 5.74) is 1.54. The molecule has 128 valence electrons. The van der Waals surface area contributed by atoms with Crippen LogP contribution in [-0.4, -0.2) is 21.5 Å². The maximum atomic E-state index is 12.9. The molecular weight excluding hydrogens is 354 g/mol. The molecule has 0 spiro atoms. The molecule has 0 unspecified atom stereocenters. The highest BCUT2D eigenvalue weighted by molar-refractivity contribution is 7.98. The van der Waals surface area contributed by atoms with Gasteiger partial charge in [0.25, 0.3) is 11.5 Å². The van der Waals surface area contributed by atoms with Crippen molar-refractivity contribution in [1.29, 1.82) is 0 Å². The van der Waals surface area contributed by atoms with Gasteiger partial charge in [0, 0.05) is 21.7 Å². The van der Waals surface area contributed by atoms with E-state index in [9.17, 15) is 9.59 Å². The summed E-state index contributed by atoms with van der Waals surface area (Å²) in [6, 6.07) is 7.55. The lowest BCUT2D eigenvalue weighted by Gasteiger charge is -2.11. The van der Waals surface area contributed by atoms with Crippen LogP contribution >= 0.6 is 23.1 Å². The Morgan fingerprint density at radius 1 is 1.28 bits per heavy atom. The van der Waals surface area contributed by atoms with Crippen molar-refractivity contribution < 1.29 is 4.79 Å². The number of rotatable bonds is 3. The summed E-state index contributed by atoms with van der Waals surface area (Å²) < 4.78 is 1.63. The molecule has 0 saturated carbocycles. The highest BCUT2D eigenvalue weighted by atomic mass is 32.2. The molecular formula is C18H17N3O2S2. The number of anilines is 1. The molecule has 1 aliphatic carbocycles. The van der Waals surface area contributed by atoms with E-state index in [0.29, 0.717) is 10.6 Å². The van der Waals surface area contributed by atoms with Gasteiger partial charge in [-0.2, -0.15) is 0 Å². The van der Waals surface area contributed by atoms with E-state index in [2.05, 4.69) is 10.3 Å². The molecule has 2 heterocycles. The molecule has 4 rings (SSSR count). The lowest BCUT2D eigenvalue weighted by atomic mass is 10.0. The molecule has 3 aromatic rings. The number of carbonyl (C=O) groups excluding carboxylic acids is 1. The number of carbonyl (C=O) groups is 1. The zero-order valence-corrected chi connectivity index (χ0v) is 15.4. The fraction of sp³-hybridized carbons (Fsp3) is 0.278. The second kappa shape index (κ2) is 6.65. The van der Waals surface area contributed by atoms with Crippen molar-refractivity contribution in [1.82, 2.24) is 9.38 Å². The minimum atomic E-state index is -0.413. The van der Waals surface area contributed by atoms with Crippen molar-refractivity contribution in [2.75, 3.05) is 11.6 Å². The topological polar surface area (TPSA) is 63.5 Å². The minimum Gasteiger partial charge on any atom is -0.321 e. The zero-order chi connectivity index (χ0) is 17.4. The number of para-hydroxylation sites is 1. The summed E-state index contributed by atoms with van der Waals surface area (Å²) in [7, 11) is 0. The molecule has 25 heavy (non-hydrogen) atoms. The zero-order valence-electron chi connectivity index (χ0n) is 13.7. The molecule has 0 fully saturated rings. The molecule has 1 aromatic carbocycles. The Morgan fingerprint density at radius 3 is 2.92 bits per heavy atom. The van der Waals surface area contributed by atoms with E-state index in [-0.39, 0.29) is 11.1 Å². The van der Waals surface area contributed by atoms with Crippen LogP contribution in [0.25, 0.3) is 4.96 Å². The molecule has 7 heteroatoms. The normalized spacial score (nSPS) is 13.6. The Hall–Kier alpha value is -2.12. The number of thioether (sulfide) groups is 1. The van der Waals surface area contributed by atoms with Gasteiger partial charge >= 0.3 is 0 Å². The Morgan fingerprint density at radius 2 is 2.08 bits per heavy atom. The van der Waals surface area contributed by atoms with E-state index in [4.69, 9.17) is 0 Å². The van der Waals surface area contributed by atoms with E-state index >= 15 is 0 Å². The van der Waals surface area contributed by atoms with Crippen molar-refractivity contribution in [3.63, 3.8) is 0 Å². The number of amides is 1. The van der Waals surface area contributed by atoms with E-state index < -0.39 is 5.91 Å². The van der Waals surface area contributed by atoms with Crippen LogP contribution in [0.1, 0.15) is 33.8 Å². The number of hydrogen-bond donors (Lipinski definition) is 1. The first-order chi connectivity index (χ1) is 12.2. The third-order valence-corrected chi connectivity index (χ3v) is 6.35. The van der Waals surface area contributed by atoms with Crippen molar-refractivity contribution in [2.45, 2.75) is 30.6 Å². The van der Waals surface area contributed by atoms with Crippen LogP contribution < -0.4 is 10.9 Å². The molecule has 1 aliphatic rings. The average Bonchev–Trinajstić information content (AvgIpc) is 3.01. The number of hydrogen-bond acceptors (Lipinski definition) is 5. The molecule has 0 radical (unpaired) electrons. The minimum absolute atomic E-state index is 0.0829. The van der Waals surface area contributed by atoms with Crippen molar-refractivity contribution in [2.24, 2.45) is 0 Å². The van der Waals surface area contributed by atoms with Gasteiger partial charge in [-0.1, -0.05) is 12.1 Å². The molecule has 5 nitrogen and oxygen atoms in total. The summed E-state index contributed by atoms with van der Waals surface area (Å²) in [5, 5.41) is 2.85. The van der Waals surface area contributed by atoms with E-state index in [1.165, 1.54) is 11.1 Å². The van der Waals surface area contributed by atoms with Crippen LogP contribution in [0, 0.1) is 0 Å². The molecule has 0 atom stereocenters. The number of fused-ring (bicyclic) bond motifs is 3. The summed E-state index contributed by atoms with van der Waals surface area (Å²) in [4.78, 5) is 32.8. The largest absolute Gasteiger partial charge is 0.321 e. The van der Waals surface area contributed by atoms with Crippen LogP contribution in [-0.2, 0) is 12.8 Å². The summed E-state index contributed by atoms with van der Waals surface area (Å²) >= 11 is 3.11. The van der Waals surface area contributed by atoms with Gasteiger partial charge in [0.1, 0.15) is 5.56 Å². The van der Waals surface area contributed by atoms with Gasteiger partial charge in [0.05, 0.1) is 5.69 Å². The van der Waals surface area contributed by atoms with E-state index in [1.54, 1.807) is 27.5 Å². The molecule has 1 amide bonds. The molecule has 0 aliphatic heterocycles. The molecule has 0 saturated heterocycles. The maximum Gasteiger partial charge on any atom is 0.271 e. The van der Waals surface area contributed by atoms with Gasteiger partial charge in [0.15, 0.2) is 4.96 Å². The maximum absolute atomic E-state index is 12.9. The fourth-order valence-electron chi connectivity index (χ4n) is 3.16. The van der Waals surface area contributed by atoms with Crippen LogP contribution in [0.5, 0.6) is 0 Å². The Kier molecular flexibility index (Phi) is 4.35. The van der Waals surface area contributed by atoms with Crippen molar-refractivity contribution >= 4 is 39.7 Å². The summed E-state index contributed by atoms with van der Waals surface area (Å²) in [6.07, 6.45) is 7.43. The number of nitrogens with zero attached hydrogens (tertiary/aromatic N) is 2. The monoisotopic (exact) mass is 371 g/mol. The third-order valence-electron chi connectivity index (χ3n) is 4.40. The van der Waals surface area contributed by atoms with Crippen LogP contribution in [0.15, 0.2) is 40.2 Å². The second-order valence-corrected chi connectivity index (χ2v) is 7.84. The van der Waals surface area contributed by atoms with Crippen LogP contribution in [0.2, 0.25) is 0 Å². The Balaban J connectivity index is 1.75. The molecule has 1 N–H and O–H groups in total. The van der Waals surface area contributed by atoms with Gasteiger partial charge in [-0.05, 0) is 44.1 Å². The highest BCUT2D eigenvalue weighted by Crippen LogP contribution is 2.28. The van der Waals surface area contributed by atoms with Crippen molar-refractivity contribution in [3.8, 4) is 0 Å². The third kappa shape index (κ3) is 2.87. The van der Waals surface area contributed by atoms with Gasteiger partial charge in [0.2, 0.25) is 0 Å². The van der Waals surface area contributed by atoms with Crippen LogP contribution in [0.3, 0.4) is 0 Å². The Bertz CT molecular complexity index is 1020. The second-order valence-electron chi connectivity index (χ2n) is 5.93. The Labute approximate surface area is 153 Å². The quantitative estimate of drug-likeness (QED) is 0.715. The lowest BCUT2D eigenvalue weighted by Crippen LogP contribution is -2.27. The first kappa shape index (κ1) is 16.4. The lowest BCUT2D eigenvalue weighted by molar-refractivity contribution is 0.102. The van der Waals surface area contributed by atoms with Gasteiger partial charge in [-0.25, -0.2) is 4.98 Å². The predicted molar refractivity (Wildman–Crippen MR) is 102 cm³/mol. The van der Waals surface area contributed by atoms with Gasteiger partial charge in [-0.3, -0.25) is 14.0 Å². The fourth-order valence-corrected chi connectivity index (χ4v) is 4.88. The first-order valence-corrected chi connectivity index (χ1v) is 10.2. The van der Waals surface area contributed by atoms with Crippen molar-refractivity contribution in [3.05, 3.63) is 57.0 Å². The number of aryl methyl sites for hydroxylation is 2. The first-order valence-electron chi connectivity index (χ1n) is 8.15. The smallest absolute Gasteiger partial charge is 0.271 e. The van der Waals surface area contributed by atoms with Crippen LogP contribution in [0.4, 0.5) is 5.69 Å². The standard InChI is InChI=1S/C18H17N3O2S2/c1-24-14-8-4-2-6-12(14)20-16(22)11-10-19-18-21(17(11)23)13-7-3-5-9-15(13)25-18/h2,4,6,8,10H,3,5,7,9H2,1H3,(H,20,22). The summed E-state index contributed by atoms with van der Waals surface area (Å²) in [6.45, 7) is 0. The predicted octanol–water partition coefficient (Wildman–Crippen LogP) is 3.61. The summed E-state index contributed by atoms with van der Waals surface area (Å²) in [5.74, 6) is -0.413. The number of aromatic nitrogens is 2. The highest BCUT2D eigenvalue weighted by Gasteiger charge is 2.21. The SMILES string of the molecule is CSc1ccccc1NC(=O)c1cnc2sc3c(n2c1=O)CCCC3. The number of thiazole rings is 1. The number of benzene rings is 1. The van der Waals surface area contributed by atoms with E-state index in [1.807, 2.05) is 30.5 Å².